The van der Waals surface area contributed by atoms with Gasteiger partial charge in [-0.3, -0.25) is 0 Å². The highest BCUT2D eigenvalue weighted by Gasteiger charge is 2.08. The number of hydrogen-bond acceptors (Lipinski definition) is 4. The van der Waals surface area contributed by atoms with E-state index >= 15 is 0 Å². The number of halogens is 3. The molecule has 0 aliphatic carbocycles. The second kappa shape index (κ2) is 6.47. The third-order valence-electron chi connectivity index (χ3n) is 2.40. The van der Waals surface area contributed by atoms with Crippen LogP contribution in [0.1, 0.15) is 13.3 Å². The van der Waals surface area contributed by atoms with Gasteiger partial charge >= 0.3 is 0 Å². The number of aromatic nitrogens is 2. The third kappa shape index (κ3) is 3.77. The first-order valence-corrected chi connectivity index (χ1v) is 6.46. The van der Waals surface area contributed by atoms with E-state index in [-0.39, 0.29) is 10.8 Å². The van der Waals surface area contributed by atoms with Crippen molar-refractivity contribution >= 4 is 29.1 Å². The van der Waals surface area contributed by atoms with E-state index in [9.17, 15) is 8.78 Å². The Hall–Kier alpha value is -1.95. The third-order valence-corrected chi connectivity index (χ3v) is 2.62. The molecule has 0 saturated heterocycles. The Labute approximate surface area is 120 Å². The molecule has 1 aromatic heterocycles. The van der Waals surface area contributed by atoms with Crippen LogP contribution in [0.3, 0.4) is 0 Å². The largest absolute Gasteiger partial charge is 0.354 e. The second-order valence-corrected chi connectivity index (χ2v) is 4.54. The van der Waals surface area contributed by atoms with E-state index < -0.39 is 11.6 Å². The lowest BCUT2D eigenvalue weighted by Crippen LogP contribution is -2.07. The van der Waals surface area contributed by atoms with Crippen molar-refractivity contribution in [3.63, 3.8) is 0 Å². The molecular weight excluding hydrogens is 286 g/mol. The Balaban J connectivity index is 2.23. The van der Waals surface area contributed by atoms with Gasteiger partial charge in [0.05, 0.1) is 6.20 Å². The van der Waals surface area contributed by atoms with Crippen molar-refractivity contribution in [1.82, 2.24) is 9.97 Å². The van der Waals surface area contributed by atoms with Gasteiger partial charge in [0.1, 0.15) is 5.82 Å². The van der Waals surface area contributed by atoms with Crippen LogP contribution < -0.4 is 10.6 Å². The van der Waals surface area contributed by atoms with E-state index in [0.717, 1.165) is 18.7 Å². The summed E-state index contributed by atoms with van der Waals surface area (Å²) in [6.45, 7) is 2.67. The van der Waals surface area contributed by atoms with Crippen LogP contribution in [0.25, 0.3) is 0 Å². The van der Waals surface area contributed by atoms with Crippen molar-refractivity contribution in [2.75, 3.05) is 17.2 Å². The predicted molar refractivity (Wildman–Crippen MR) is 75.5 cm³/mol. The van der Waals surface area contributed by atoms with Gasteiger partial charge in [-0.05, 0) is 24.6 Å². The minimum absolute atomic E-state index is 0.0414. The zero-order valence-corrected chi connectivity index (χ0v) is 11.5. The molecule has 0 aliphatic rings. The van der Waals surface area contributed by atoms with Gasteiger partial charge in [0.2, 0.25) is 5.95 Å². The molecule has 0 bridgehead atoms. The minimum atomic E-state index is -0.632. The molecule has 1 heterocycles. The summed E-state index contributed by atoms with van der Waals surface area (Å²) in [5.74, 6) is -0.884. The molecule has 4 nitrogen and oxygen atoms in total. The highest BCUT2D eigenvalue weighted by molar-refractivity contribution is 6.30. The summed E-state index contributed by atoms with van der Waals surface area (Å²) in [6.07, 6.45) is 1.94. The molecule has 2 aromatic rings. The summed E-state index contributed by atoms with van der Waals surface area (Å²) < 4.78 is 26.9. The first-order chi connectivity index (χ1) is 9.58. The molecule has 0 atom stereocenters. The summed E-state index contributed by atoms with van der Waals surface area (Å²) in [7, 11) is 0. The Morgan fingerprint density at radius 2 is 2.05 bits per heavy atom. The standard InChI is InChI=1S/C13H13ClF2N4/c1-2-3-17-13-18-7-11(16)12(20-13)19-10-5-8(14)4-9(15)6-10/h4-7H,2-3H2,1H3,(H2,17,18,19,20). The van der Waals surface area contributed by atoms with Gasteiger partial charge in [0.25, 0.3) is 0 Å². The molecule has 0 saturated carbocycles. The Morgan fingerprint density at radius 3 is 2.75 bits per heavy atom. The van der Waals surface area contributed by atoms with E-state index in [0.29, 0.717) is 18.2 Å². The SMILES string of the molecule is CCCNc1ncc(F)c(Nc2cc(F)cc(Cl)c2)n1. The van der Waals surface area contributed by atoms with Gasteiger partial charge in [-0.25, -0.2) is 13.8 Å². The van der Waals surface area contributed by atoms with Gasteiger partial charge in [0.15, 0.2) is 11.6 Å². The van der Waals surface area contributed by atoms with E-state index in [1.807, 2.05) is 6.92 Å². The summed E-state index contributed by atoms with van der Waals surface area (Å²) in [5.41, 5.74) is 0.314. The maximum absolute atomic E-state index is 13.6. The van der Waals surface area contributed by atoms with Gasteiger partial charge in [0, 0.05) is 17.3 Å². The smallest absolute Gasteiger partial charge is 0.224 e. The normalized spacial score (nSPS) is 10.4. The number of nitrogens with one attached hydrogen (secondary N) is 2. The number of anilines is 3. The van der Waals surface area contributed by atoms with Crippen LogP contribution in [0.4, 0.5) is 26.2 Å². The lowest BCUT2D eigenvalue weighted by atomic mass is 10.3. The van der Waals surface area contributed by atoms with Crippen LogP contribution in [-0.4, -0.2) is 16.5 Å². The van der Waals surface area contributed by atoms with Gasteiger partial charge in [-0.1, -0.05) is 18.5 Å². The fraction of sp³-hybridized carbons (Fsp3) is 0.231. The van der Waals surface area contributed by atoms with Crippen molar-refractivity contribution < 1.29 is 8.78 Å². The summed E-state index contributed by atoms with van der Waals surface area (Å²) in [5, 5.41) is 5.84. The molecule has 0 unspecified atom stereocenters. The number of benzene rings is 1. The van der Waals surface area contributed by atoms with Crippen molar-refractivity contribution in [2.24, 2.45) is 0 Å². The zero-order chi connectivity index (χ0) is 14.5. The molecule has 0 radical (unpaired) electrons. The monoisotopic (exact) mass is 298 g/mol. The zero-order valence-electron chi connectivity index (χ0n) is 10.8. The maximum atomic E-state index is 13.6. The second-order valence-electron chi connectivity index (χ2n) is 4.10. The maximum Gasteiger partial charge on any atom is 0.224 e. The number of rotatable bonds is 5. The molecule has 0 amide bonds. The lowest BCUT2D eigenvalue weighted by molar-refractivity contribution is 0.618. The number of hydrogen-bond donors (Lipinski definition) is 2. The molecule has 106 valence electrons. The molecule has 0 fully saturated rings. The van der Waals surface area contributed by atoms with Crippen LogP contribution in [0.2, 0.25) is 5.02 Å². The van der Waals surface area contributed by atoms with Crippen molar-refractivity contribution in [3.05, 3.63) is 41.1 Å². The Bertz CT molecular complexity index is 587. The van der Waals surface area contributed by atoms with Crippen LogP contribution in [0.15, 0.2) is 24.4 Å². The van der Waals surface area contributed by atoms with E-state index in [1.165, 1.54) is 12.1 Å². The van der Waals surface area contributed by atoms with Crippen LogP contribution in [-0.2, 0) is 0 Å². The van der Waals surface area contributed by atoms with E-state index in [2.05, 4.69) is 20.6 Å². The first kappa shape index (κ1) is 14.5. The van der Waals surface area contributed by atoms with Crippen molar-refractivity contribution in [3.8, 4) is 0 Å². The molecule has 2 N–H and O–H groups in total. The number of nitrogens with zero attached hydrogens (tertiary/aromatic N) is 2. The highest BCUT2D eigenvalue weighted by atomic mass is 35.5. The average molecular weight is 299 g/mol. The molecule has 1 aromatic carbocycles. The van der Waals surface area contributed by atoms with Crippen molar-refractivity contribution in [2.45, 2.75) is 13.3 Å². The van der Waals surface area contributed by atoms with Crippen molar-refractivity contribution in [1.29, 1.82) is 0 Å². The molecule has 0 spiro atoms. The molecule has 7 heteroatoms. The lowest BCUT2D eigenvalue weighted by Gasteiger charge is -2.09. The quantitative estimate of drug-likeness (QED) is 0.877. The van der Waals surface area contributed by atoms with Crippen LogP contribution >= 0.6 is 11.6 Å². The fourth-order valence-corrected chi connectivity index (χ4v) is 1.76. The van der Waals surface area contributed by atoms with Crippen LogP contribution in [0.5, 0.6) is 0 Å². The average Bonchev–Trinajstić information content (AvgIpc) is 2.38. The predicted octanol–water partition coefficient (Wildman–Crippen LogP) is 3.97. The first-order valence-electron chi connectivity index (χ1n) is 6.08. The Kier molecular flexibility index (Phi) is 4.68. The molecule has 20 heavy (non-hydrogen) atoms. The van der Waals surface area contributed by atoms with Gasteiger partial charge < -0.3 is 10.6 Å². The van der Waals surface area contributed by atoms with Gasteiger partial charge in [-0.15, -0.1) is 0 Å². The summed E-state index contributed by atoms with van der Waals surface area (Å²) in [4.78, 5) is 7.81. The summed E-state index contributed by atoms with van der Waals surface area (Å²) >= 11 is 5.74. The fourth-order valence-electron chi connectivity index (χ4n) is 1.54. The molecule has 0 aliphatic heterocycles. The molecule has 2 rings (SSSR count). The molecular formula is C13H13ClF2N4. The minimum Gasteiger partial charge on any atom is -0.354 e. The summed E-state index contributed by atoms with van der Waals surface area (Å²) in [6, 6.07) is 3.84. The van der Waals surface area contributed by atoms with Crippen LogP contribution in [0, 0.1) is 11.6 Å². The van der Waals surface area contributed by atoms with E-state index in [4.69, 9.17) is 11.6 Å². The topological polar surface area (TPSA) is 49.8 Å². The van der Waals surface area contributed by atoms with Gasteiger partial charge in [-0.2, -0.15) is 4.98 Å². The Morgan fingerprint density at radius 1 is 1.25 bits per heavy atom. The van der Waals surface area contributed by atoms with E-state index in [1.54, 1.807) is 0 Å². The highest BCUT2D eigenvalue weighted by Crippen LogP contribution is 2.23.